The van der Waals surface area contributed by atoms with E-state index in [0.29, 0.717) is 0 Å². The van der Waals surface area contributed by atoms with Crippen molar-refractivity contribution in [2.75, 3.05) is 0 Å². The fourth-order valence-corrected chi connectivity index (χ4v) is 2.74. The Labute approximate surface area is 194 Å². The highest BCUT2D eigenvalue weighted by molar-refractivity contribution is 5.71. The van der Waals surface area contributed by atoms with Crippen molar-refractivity contribution >= 4 is 18.3 Å². The first kappa shape index (κ1) is 25.9. The summed E-state index contributed by atoms with van der Waals surface area (Å²) in [5, 5.41) is 0.847. The molecule has 0 unspecified atom stereocenters. The topological polar surface area (TPSA) is 65.1 Å². The molecule has 0 saturated heterocycles. The molecule has 33 heavy (non-hydrogen) atoms. The van der Waals surface area contributed by atoms with Gasteiger partial charge in [0.2, 0.25) is 0 Å². The Morgan fingerprint density at radius 3 is 2.09 bits per heavy atom. The van der Waals surface area contributed by atoms with Gasteiger partial charge in [0.1, 0.15) is 17.0 Å². The van der Waals surface area contributed by atoms with E-state index in [-0.39, 0.29) is 5.82 Å². The van der Waals surface area contributed by atoms with Crippen LogP contribution in [0, 0.1) is 5.82 Å². The van der Waals surface area contributed by atoms with Gasteiger partial charge in [-0.3, -0.25) is 4.84 Å². The predicted molar refractivity (Wildman–Crippen MR) is 126 cm³/mol. The van der Waals surface area contributed by atoms with Crippen molar-refractivity contribution in [2.24, 2.45) is 0 Å². The van der Waals surface area contributed by atoms with Crippen LogP contribution in [0.2, 0.25) is 0 Å². The molecule has 0 saturated carbocycles. The summed E-state index contributed by atoms with van der Waals surface area (Å²) in [5.74, 6) is -0.296. The molecule has 0 aromatic heterocycles. The molecule has 0 N–H and O–H groups in total. The average Bonchev–Trinajstić information content (AvgIpc) is 2.68. The summed E-state index contributed by atoms with van der Waals surface area (Å²) in [4.78, 5) is 30.1. The smallest absolute Gasteiger partial charge is 0.442 e. The normalized spacial score (nSPS) is 12.8. The second-order valence-corrected chi connectivity index (χ2v) is 9.59. The van der Waals surface area contributed by atoms with Crippen molar-refractivity contribution in [2.45, 2.75) is 65.7 Å². The second kappa shape index (κ2) is 10.5. The Balaban J connectivity index is 2.22. The largest absolute Gasteiger partial charge is 0.534 e. The summed E-state index contributed by atoms with van der Waals surface area (Å²) >= 11 is 0. The number of amides is 1. The molecule has 1 atom stereocenters. The zero-order chi connectivity index (χ0) is 24.8. The lowest BCUT2D eigenvalue weighted by atomic mass is 10.0. The molecule has 2 aromatic rings. The van der Waals surface area contributed by atoms with Gasteiger partial charge in [-0.05, 0) is 83.4 Å². The quantitative estimate of drug-likeness (QED) is 0.365. The Kier molecular flexibility index (Phi) is 8.25. The third-order valence-electron chi connectivity index (χ3n) is 4.14. The Morgan fingerprint density at radius 1 is 0.909 bits per heavy atom. The minimum atomic E-state index is -1.01. The SMILES string of the molecule is C[C@@H](/C=C/c1cccc(-c2ccc(F)cc2)c1)N(OC(=O)OC(C)(C)C)C(=O)OC(C)(C)C. The molecule has 1 amide bonds. The first-order valence-corrected chi connectivity index (χ1v) is 10.7. The molecule has 0 spiro atoms. The lowest BCUT2D eigenvalue weighted by Gasteiger charge is -2.29. The van der Waals surface area contributed by atoms with E-state index in [4.69, 9.17) is 14.3 Å². The molecular formula is C26H32FNO5. The van der Waals surface area contributed by atoms with Gasteiger partial charge in [0, 0.05) is 0 Å². The molecule has 0 aliphatic heterocycles. The third-order valence-corrected chi connectivity index (χ3v) is 4.14. The minimum absolute atomic E-state index is 0.296. The van der Waals surface area contributed by atoms with Crippen LogP contribution in [0.3, 0.4) is 0 Å². The van der Waals surface area contributed by atoms with Gasteiger partial charge in [-0.15, -0.1) is 5.06 Å². The van der Waals surface area contributed by atoms with Gasteiger partial charge < -0.3 is 9.47 Å². The molecular weight excluding hydrogens is 425 g/mol. The van der Waals surface area contributed by atoms with Crippen LogP contribution in [-0.2, 0) is 14.3 Å². The highest BCUT2D eigenvalue weighted by Crippen LogP contribution is 2.22. The first-order chi connectivity index (χ1) is 15.2. The summed E-state index contributed by atoms with van der Waals surface area (Å²) in [6.07, 6.45) is 1.68. The fourth-order valence-electron chi connectivity index (χ4n) is 2.74. The van der Waals surface area contributed by atoms with Gasteiger partial charge in [-0.1, -0.05) is 42.5 Å². The predicted octanol–water partition coefficient (Wildman–Crippen LogP) is 7.00. The van der Waals surface area contributed by atoms with E-state index in [2.05, 4.69) is 0 Å². The molecule has 2 aromatic carbocycles. The summed E-state index contributed by atoms with van der Waals surface area (Å²) < 4.78 is 23.8. The van der Waals surface area contributed by atoms with Gasteiger partial charge in [0.25, 0.3) is 0 Å². The maximum atomic E-state index is 13.2. The summed E-state index contributed by atoms with van der Waals surface area (Å²) in [6, 6.07) is 13.2. The molecule has 6 nitrogen and oxygen atoms in total. The van der Waals surface area contributed by atoms with Gasteiger partial charge in [0.05, 0.1) is 6.04 Å². The number of carbonyl (C=O) groups excluding carboxylic acids is 2. The first-order valence-electron chi connectivity index (χ1n) is 10.7. The number of hydrogen-bond acceptors (Lipinski definition) is 5. The van der Waals surface area contributed by atoms with Crippen LogP contribution >= 0.6 is 0 Å². The van der Waals surface area contributed by atoms with Gasteiger partial charge in [-0.25, -0.2) is 14.0 Å². The van der Waals surface area contributed by atoms with E-state index in [1.807, 2.05) is 24.3 Å². The van der Waals surface area contributed by atoms with Crippen molar-refractivity contribution in [3.05, 3.63) is 66.0 Å². The zero-order valence-corrected chi connectivity index (χ0v) is 20.2. The standard InChI is InChI=1S/C26H32FNO5/c1-18(28(23(29)31-25(2,3)4)33-24(30)32-26(5,6)7)11-12-19-9-8-10-21(17-19)20-13-15-22(27)16-14-20/h8-18H,1-7H3/b12-11+/t18-/m0/s1. The van der Waals surface area contributed by atoms with Crippen LogP contribution in [0.1, 0.15) is 54.0 Å². The van der Waals surface area contributed by atoms with Gasteiger partial charge in [0.15, 0.2) is 0 Å². The molecule has 0 bridgehead atoms. The van der Waals surface area contributed by atoms with E-state index in [0.717, 1.165) is 21.8 Å². The van der Waals surface area contributed by atoms with Gasteiger partial charge >= 0.3 is 12.2 Å². The number of ether oxygens (including phenoxy) is 2. The lowest BCUT2D eigenvalue weighted by molar-refractivity contribution is -0.145. The van der Waals surface area contributed by atoms with Gasteiger partial charge in [-0.2, -0.15) is 0 Å². The summed E-state index contributed by atoms with van der Waals surface area (Å²) in [7, 11) is 0. The van der Waals surface area contributed by atoms with Crippen molar-refractivity contribution < 1.29 is 28.3 Å². The van der Waals surface area contributed by atoms with E-state index in [9.17, 15) is 14.0 Å². The maximum Gasteiger partial charge on any atom is 0.534 e. The molecule has 7 heteroatoms. The molecule has 0 aliphatic carbocycles. The van der Waals surface area contributed by atoms with Crippen LogP contribution in [0.4, 0.5) is 14.0 Å². The van der Waals surface area contributed by atoms with Crippen LogP contribution in [0.5, 0.6) is 0 Å². The molecule has 178 valence electrons. The number of hydroxylamine groups is 2. The molecule has 0 fully saturated rings. The monoisotopic (exact) mass is 457 g/mol. The number of carbonyl (C=O) groups is 2. The Bertz CT molecular complexity index is 987. The summed E-state index contributed by atoms with van der Waals surface area (Å²) in [5.41, 5.74) is 1.09. The Morgan fingerprint density at radius 2 is 1.52 bits per heavy atom. The molecule has 0 aliphatic rings. The molecule has 0 heterocycles. The zero-order valence-electron chi connectivity index (χ0n) is 20.2. The summed E-state index contributed by atoms with van der Waals surface area (Å²) in [6.45, 7) is 11.9. The van der Waals surface area contributed by atoms with E-state index >= 15 is 0 Å². The number of benzene rings is 2. The third kappa shape index (κ3) is 8.96. The highest BCUT2D eigenvalue weighted by Gasteiger charge is 2.30. The maximum absolute atomic E-state index is 13.2. The number of rotatable bonds is 4. The number of nitrogens with zero attached hydrogens (tertiary/aromatic N) is 1. The average molecular weight is 458 g/mol. The van der Waals surface area contributed by atoms with Crippen LogP contribution < -0.4 is 0 Å². The van der Waals surface area contributed by atoms with E-state index in [1.54, 1.807) is 72.8 Å². The van der Waals surface area contributed by atoms with Crippen molar-refractivity contribution in [3.63, 3.8) is 0 Å². The number of halogens is 1. The number of hydrogen-bond donors (Lipinski definition) is 0. The minimum Gasteiger partial charge on any atom is -0.442 e. The van der Waals surface area contributed by atoms with Crippen LogP contribution in [0.25, 0.3) is 17.2 Å². The highest BCUT2D eigenvalue weighted by atomic mass is 19.1. The molecule has 2 rings (SSSR count). The van der Waals surface area contributed by atoms with E-state index < -0.39 is 29.5 Å². The lowest BCUT2D eigenvalue weighted by Crippen LogP contribution is -2.43. The van der Waals surface area contributed by atoms with Crippen LogP contribution in [0.15, 0.2) is 54.6 Å². The van der Waals surface area contributed by atoms with Crippen molar-refractivity contribution in [3.8, 4) is 11.1 Å². The second-order valence-electron chi connectivity index (χ2n) is 9.59. The van der Waals surface area contributed by atoms with E-state index in [1.165, 1.54) is 12.1 Å². The van der Waals surface area contributed by atoms with Crippen molar-refractivity contribution in [1.29, 1.82) is 0 Å². The van der Waals surface area contributed by atoms with Crippen molar-refractivity contribution in [1.82, 2.24) is 5.06 Å². The van der Waals surface area contributed by atoms with Crippen LogP contribution in [-0.4, -0.2) is 34.6 Å². The fraction of sp³-hybridized carbons (Fsp3) is 0.385. The molecule has 0 radical (unpaired) electrons. The Hall–Kier alpha value is -3.35.